The lowest BCUT2D eigenvalue weighted by molar-refractivity contribution is -0.117. The third-order valence-electron chi connectivity index (χ3n) is 3.84. The van der Waals surface area contributed by atoms with Gasteiger partial charge >= 0.3 is 0 Å². The zero-order valence-electron chi connectivity index (χ0n) is 13.3. The lowest BCUT2D eigenvalue weighted by Gasteiger charge is -2.21. The van der Waals surface area contributed by atoms with Gasteiger partial charge in [-0.3, -0.25) is 4.79 Å². The van der Waals surface area contributed by atoms with Crippen molar-refractivity contribution in [3.8, 4) is 0 Å². The second kappa shape index (κ2) is 9.87. The number of carbonyl (C=O) groups is 1. The van der Waals surface area contributed by atoms with E-state index in [2.05, 4.69) is 22.8 Å². The quantitative estimate of drug-likeness (QED) is 0.723. The van der Waals surface area contributed by atoms with Crippen LogP contribution in [-0.2, 0) is 15.3 Å². The number of hydrogen-bond donors (Lipinski definition) is 2. The van der Waals surface area contributed by atoms with Crippen LogP contribution in [0.1, 0.15) is 24.8 Å². The number of piperidine rings is 1. The lowest BCUT2D eigenvalue weighted by atomic mass is 9.94. The van der Waals surface area contributed by atoms with E-state index < -0.39 is 0 Å². The van der Waals surface area contributed by atoms with E-state index in [1.165, 1.54) is 5.56 Å². The highest BCUT2D eigenvalue weighted by Gasteiger charge is 2.16. The van der Waals surface area contributed by atoms with Crippen LogP contribution in [0.15, 0.2) is 24.3 Å². The van der Waals surface area contributed by atoms with E-state index in [1.807, 2.05) is 23.9 Å². The largest absolute Gasteiger partial charge is 0.384 e. The van der Waals surface area contributed by atoms with E-state index in [0.717, 1.165) is 49.7 Å². The molecule has 4 nitrogen and oxygen atoms in total. The summed E-state index contributed by atoms with van der Waals surface area (Å²) in [5, 5.41) is 6.37. The first-order valence-electron chi connectivity index (χ1n) is 7.94. The monoisotopic (exact) mass is 322 g/mol. The summed E-state index contributed by atoms with van der Waals surface area (Å²) in [6, 6.07) is 8.14. The van der Waals surface area contributed by atoms with Crippen LogP contribution in [0.25, 0.3) is 0 Å². The molecule has 0 aliphatic carbocycles. The van der Waals surface area contributed by atoms with Gasteiger partial charge < -0.3 is 15.4 Å². The smallest absolute Gasteiger partial charge is 0.224 e. The van der Waals surface area contributed by atoms with Crippen molar-refractivity contribution in [1.29, 1.82) is 0 Å². The van der Waals surface area contributed by atoms with Gasteiger partial charge in [-0.05, 0) is 49.5 Å². The zero-order valence-corrected chi connectivity index (χ0v) is 14.1. The van der Waals surface area contributed by atoms with E-state index in [9.17, 15) is 4.79 Å². The summed E-state index contributed by atoms with van der Waals surface area (Å²) in [5.74, 6) is 2.59. The van der Waals surface area contributed by atoms with Gasteiger partial charge in [-0.1, -0.05) is 12.1 Å². The standard InChI is InChI=1S/C17H26N2O2S/c1-21-9-10-22-13-15-3-2-4-16(11-15)19-17(20)12-14-5-7-18-8-6-14/h2-4,11,14,18H,5-10,12-13H2,1H3,(H,19,20). The number of benzene rings is 1. The number of thioether (sulfide) groups is 1. The molecule has 1 aromatic rings. The Bertz CT molecular complexity index is 462. The highest BCUT2D eigenvalue weighted by atomic mass is 32.2. The topological polar surface area (TPSA) is 50.4 Å². The SMILES string of the molecule is COCCSCc1cccc(NC(=O)CC2CCNCC2)c1. The number of anilines is 1. The molecule has 1 aliphatic rings. The van der Waals surface area contributed by atoms with Crippen LogP contribution in [0.2, 0.25) is 0 Å². The third kappa shape index (κ3) is 6.38. The number of hydrogen-bond acceptors (Lipinski definition) is 4. The minimum atomic E-state index is 0.135. The van der Waals surface area contributed by atoms with Crippen LogP contribution in [0.3, 0.4) is 0 Å². The molecule has 0 bridgehead atoms. The molecular formula is C17H26N2O2S. The van der Waals surface area contributed by atoms with Crippen LogP contribution in [0.5, 0.6) is 0 Å². The molecule has 2 N–H and O–H groups in total. The van der Waals surface area contributed by atoms with Gasteiger partial charge in [0.25, 0.3) is 0 Å². The van der Waals surface area contributed by atoms with E-state index in [1.54, 1.807) is 7.11 Å². The summed E-state index contributed by atoms with van der Waals surface area (Å²) < 4.78 is 5.05. The summed E-state index contributed by atoms with van der Waals surface area (Å²) in [6.07, 6.45) is 2.84. The third-order valence-corrected chi connectivity index (χ3v) is 4.84. The van der Waals surface area contributed by atoms with Crippen LogP contribution >= 0.6 is 11.8 Å². The Morgan fingerprint density at radius 1 is 1.41 bits per heavy atom. The van der Waals surface area contributed by atoms with Crippen molar-refractivity contribution in [1.82, 2.24) is 5.32 Å². The number of carbonyl (C=O) groups excluding carboxylic acids is 1. The predicted octanol–water partition coefficient (Wildman–Crippen LogP) is 2.89. The van der Waals surface area contributed by atoms with Crippen LogP contribution in [0.4, 0.5) is 5.69 Å². The fourth-order valence-corrected chi connectivity index (χ4v) is 3.48. The van der Waals surface area contributed by atoms with E-state index in [-0.39, 0.29) is 5.91 Å². The Morgan fingerprint density at radius 3 is 3.00 bits per heavy atom. The molecule has 1 amide bonds. The maximum atomic E-state index is 12.1. The number of ether oxygens (including phenoxy) is 1. The van der Waals surface area contributed by atoms with Crippen molar-refractivity contribution in [3.05, 3.63) is 29.8 Å². The van der Waals surface area contributed by atoms with E-state index >= 15 is 0 Å². The summed E-state index contributed by atoms with van der Waals surface area (Å²) in [6.45, 7) is 2.84. The fourth-order valence-electron chi connectivity index (χ4n) is 2.63. The van der Waals surface area contributed by atoms with Gasteiger partial charge in [0.2, 0.25) is 5.91 Å². The molecule has 0 radical (unpaired) electrons. The molecule has 22 heavy (non-hydrogen) atoms. The molecule has 0 saturated carbocycles. The maximum Gasteiger partial charge on any atom is 0.224 e. The molecule has 0 unspecified atom stereocenters. The first-order valence-corrected chi connectivity index (χ1v) is 9.09. The van der Waals surface area contributed by atoms with Crippen LogP contribution in [0, 0.1) is 5.92 Å². The molecule has 1 aliphatic heterocycles. The van der Waals surface area contributed by atoms with Crippen LogP contribution in [-0.4, -0.2) is 38.5 Å². The minimum absolute atomic E-state index is 0.135. The Kier molecular flexibility index (Phi) is 7.77. The molecule has 5 heteroatoms. The number of amides is 1. The summed E-state index contributed by atoms with van der Waals surface area (Å²) in [7, 11) is 1.72. The van der Waals surface area contributed by atoms with Crippen molar-refractivity contribution in [2.45, 2.75) is 25.0 Å². The molecule has 0 spiro atoms. The molecule has 1 fully saturated rings. The predicted molar refractivity (Wildman–Crippen MR) is 93.3 cm³/mol. The molecular weight excluding hydrogens is 296 g/mol. The van der Waals surface area contributed by atoms with Crippen molar-refractivity contribution >= 4 is 23.4 Å². The maximum absolute atomic E-state index is 12.1. The van der Waals surface area contributed by atoms with Crippen LogP contribution < -0.4 is 10.6 Å². The Hall–Kier alpha value is -1.04. The van der Waals surface area contributed by atoms with Gasteiger partial charge in [0, 0.05) is 30.7 Å². The average molecular weight is 322 g/mol. The molecule has 2 rings (SSSR count). The first kappa shape index (κ1) is 17.3. The molecule has 1 saturated heterocycles. The van der Waals surface area contributed by atoms with Gasteiger partial charge in [-0.2, -0.15) is 11.8 Å². The number of nitrogens with one attached hydrogen (secondary N) is 2. The van der Waals surface area contributed by atoms with Gasteiger partial charge in [0.05, 0.1) is 6.61 Å². The van der Waals surface area contributed by atoms with Crippen molar-refractivity contribution in [2.24, 2.45) is 5.92 Å². The number of methoxy groups -OCH3 is 1. The molecule has 122 valence electrons. The molecule has 0 aromatic heterocycles. The average Bonchev–Trinajstić information content (AvgIpc) is 2.53. The van der Waals surface area contributed by atoms with Gasteiger partial charge in [-0.25, -0.2) is 0 Å². The lowest BCUT2D eigenvalue weighted by Crippen LogP contribution is -2.30. The molecule has 1 aromatic carbocycles. The molecule has 0 atom stereocenters. The van der Waals surface area contributed by atoms with Gasteiger partial charge in [0.15, 0.2) is 0 Å². The van der Waals surface area contributed by atoms with Crippen molar-refractivity contribution < 1.29 is 9.53 Å². The minimum Gasteiger partial charge on any atom is -0.384 e. The Labute approximate surface area is 137 Å². The van der Waals surface area contributed by atoms with E-state index in [4.69, 9.17) is 4.74 Å². The van der Waals surface area contributed by atoms with E-state index in [0.29, 0.717) is 12.3 Å². The summed E-state index contributed by atoms with van der Waals surface area (Å²) in [5.41, 5.74) is 2.14. The number of rotatable bonds is 8. The summed E-state index contributed by atoms with van der Waals surface area (Å²) >= 11 is 1.84. The van der Waals surface area contributed by atoms with Crippen molar-refractivity contribution in [2.75, 3.05) is 37.9 Å². The highest BCUT2D eigenvalue weighted by Crippen LogP contribution is 2.19. The zero-order chi connectivity index (χ0) is 15.6. The van der Waals surface area contributed by atoms with Crippen molar-refractivity contribution in [3.63, 3.8) is 0 Å². The highest BCUT2D eigenvalue weighted by molar-refractivity contribution is 7.98. The van der Waals surface area contributed by atoms with Gasteiger partial charge in [0.1, 0.15) is 0 Å². The van der Waals surface area contributed by atoms with Gasteiger partial charge in [-0.15, -0.1) is 0 Å². The normalized spacial score (nSPS) is 15.7. The Morgan fingerprint density at radius 2 is 2.23 bits per heavy atom. The Balaban J connectivity index is 1.77. The fraction of sp³-hybridized carbons (Fsp3) is 0.588. The second-order valence-corrected chi connectivity index (χ2v) is 6.80. The summed E-state index contributed by atoms with van der Waals surface area (Å²) in [4.78, 5) is 12.1. The molecule has 1 heterocycles. The first-order chi connectivity index (χ1) is 10.8. The second-order valence-electron chi connectivity index (χ2n) is 5.69.